The molecule has 8 nitrogen and oxygen atoms in total. The maximum atomic E-state index is 13.4. The van der Waals surface area contributed by atoms with E-state index in [2.05, 4.69) is 20.6 Å². The largest absolute Gasteiger partial charge is 0.366 e. The highest BCUT2D eigenvalue weighted by Gasteiger charge is 2.34. The van der Waals surface area contributed by atoms with Crippen LogP contribution in [-0.2, 0) is 14.6 Å². The van der Waals surface area contributed by atoms with Gasteiger partial charge in [0.2, 0.25) is 15.7 Å². The summed E-state index contributed by atoms with van der Waals surface area (Å²) in [7, 11) is -4.09. The van der Waals surface area contributed by atoms with Crippen molar-refractivity contribution >= 4 is 38.3 Å². The molecule has 1 saturated carbocycles. The van der Waals surface area contributed by atoms with Gasteiger partial charge in [-0.25, -0.2) is 18.4 Å². The molecule has 0 spiro atoms. The van der Waals surface area contributed by atoms with Crippen LogP contribution < -0.4 is 10.6 Å². The lowest BCUT2D eigenvalue weighted by Gasteiger charge is -2.19. The van der Waals surface area contributed by atoms with Crippen LogP contribution in [0.2, 0.25) is 0 Å². The summed E-state index contributed by atoms with van der Waals surface area (Å²) in [6.45, 7) is 1.37. The third kappa shape index (κ3) is 4.41. The molecule has 1 fully saturated rings. The minimum absolute atomic E-state index is 0.0278. The number of amides is 1. The monoisotopic (exact) mass is 449 g/mol. The molecule has 0 unspecified atom stereocenters. The number of nitrogens with one attached hydrogen (secondary N) is 2. The van der Waals surface area contributed by atoms with E-state index in [-0.39, 0.29) is 22.5 Å². The molecule has 32 heavy (non-hydrogen) atoms. The molecule has 0 bridgehead atoms. The molecule has 1 aliphatic rings. The van der Waals surface area contributed by atoms with Crippen LogP contribution in [0.25, 0.3) is 11.0 Å². The number of carbonyl (C=O) groups excluding carboxylic acids is 1. The number of carbonyl (C=O) groups is 1. The van der Waals surface area contributed by atoms with E-state index < -0.39 is 15.1 Å². The quantitative estimate of drug-likeness (QED) is 0.583. The summed E-state index contributed by atoms with van der Waals surface area (Å²) in [6, 6.07) is 15.0. The number of rotatable bonds is 6. The third-order valence-corrected chi connectivity index (χ3v) is 7.35. The zero-order valence-electron chi connectivity index (χ0n) is 17.6. The van der Waals surface area contributed by atoms with Crippen molar-refractivity contribution < 1.29 is 13.2 Å². The predicted octanol–water partition coefficient (Wildman–Crippen LogP) is 3.98. The van der Waals surface area contributed by atoms with Gasteiger partial charge >= 0.3 is 0 Å². The number of para-hydroxylation sites is 2. The lowest BCUT2D eigenvalue weighted by molar-refractivity contribution is -0.114. The predicted molar refractivity (Wildman–Crippen MR) is 122 cm³/mol. The Morgan fingerprint density at radius 1 is 1.06 bits per heavy atom. The molecule has 4 rings (SSSR count). The summed E-state index contributed by atoms with van der Waals surface area (Å²) in [5.74, 6) is 0.0742. The fourth-order valence-corrected chi connectivity index (χ4v) is 5.30. The van der Waals surface area contributed by atoms with E-state index in [1.54, 1.807) is 12.1 Å². The first-order valence-corrected chi connectivity index (χ1v) is 12.0. The molecule has 1 heterocycles. The minimum Gasteiger partial charge on any atom is -0.366 e. The van der Waals surface area contributed by atoms with Gasteiger partial charge in [-0.15, -0.1) is 0 Å². The van der Waals surface area contributed by atoms with Crippen LogP contribution in [0.4, 0.5) is 11.5 Å². The topological polar surface area (TPSA) is 125 Å². The van der Waals surface area contributed by atoms with Crippen molar-refractivity contribution in [1.82, 2.24) is 9.97 Å². The Bertz CT molecular complexity index is 1290. The number of nitriles is 1. The average molecular weight is 450 g/mol. The fourth-order valence-electron chi connectivity index (χ4n) is 3.91. The van der Waals surface area contributed by atoms with E-state index in [9.17, 15) is 18.5 Å². The molecule has 0 aliphatic heterocycles. The van der Waals surface area contributed by atoms with Gasteiger partial charge in [-0.1, -0.05) is 25.0 Å². The zero-order chi connectivity index (χ0) is 22.7. The van der Waals surface area contributed by atoms with Crippen molar-refractivity contribution in [2.45, 2.75) is 48.8 Å². The average Bonchev–Trinajstić information content (AvgIpc) is 3.27. The standard InChI is InChI=1S/C23H23N5O3S/c1-15(29)25-17-10-12-18(13-11-17)32(30,31)21(14-24)22-23(26-16-6-2-3-7-16)28-20-9-5-4-8-19(20)27-22/h4-5,8-13,16,21H,2-3,6-7H2,1H3,(H,25,29)(H,26,28)/t21-/m1/s1. The van der Waals surface area contributed by atoms with E-state index in [1.807, 2.05) is 18.2 Å². The van der Waals surface area contributed by atoms with Gasteiger partial charge in [-0.2, -0.15) is 5.26 Å². The van der Waals surface area contributed by atoms with Crippen LogP contribution >= 0.6 is 0 Å². The number of hydrogen-bond donors (Lipinski definition) is 2. The molecule has 2 N–H and O–H groups in total. The van der Waals surface area contributed by atoms with Gasteiger partial charge in [0.15, 0.2) is 11.1 Å². The van der Waals surface area contributed by atoms with Crippen LogP contribution in [0.3, 0.4) is 0 Å². The van der Waals surface area contributed by atoms with Crippen LogP contribution in [0.1, 0.15) is 43.6 Å². The van der Waals surface area contributed by atoms with Crippen molar-refractivity contribution in [3.8, 4) is 6.07 Å². The van der Waals surface area contributed by atoms with Crippen molar-refractivity contribution in [2.24, 2.45) is 0 Å². The number of sulfone groups is 1. The molecule has 164 valence electrons. The third-order valence-electron chi connectivity index (χ3n) is 5.47. The van der Waals surface area contributed by atoms with Crippen molar-refractivity contribution in [3.63, 3.8) is 0 Å². The Hall–Kier alpha value is -3.51. The second-order valence-electron chi connectivity index (χ2n) is 7.83. The lowest BCUT2D eigenvalue weighted by Crippen LogP contribution is -2.21. The summed E-state index contributed by atoms with van der Waals surface area (Å²) < 4.78 is 26.8. The molecule has 0 radical (unpaired) electrons. The number of anilines is 2. The van der Waals surface area contributed by atoms with E-state index >= 15 is 0 Å². The molecule has 3 aromatic rings. The van der Waals surface area contributed by atoms with Gasteiger partial charge in [-0.05, 0) is 49.2 Å². The molecule has 2 aromatic carbocycles. The Kier molecular flexibility index (Phi) is 6.06. The van der Waals surface area contributed by atoms with Crippen molar-refractivity contribution in [2.75, 3.05) is 10.6 Å². The van der Waals surface area contributed by atoms with Crippen molar-refractivity contribution in [3.05, 3.63) is 54.2 Å². The first-order valence-electron chi connectivity index (χ1n) is 10.4. The Labute approximate surface area is 186 Å². The highest BCUT2D eigenvalue weighted by Crippen LogP contribution is 2.34. The van der Waals surface area contributed by atoms with Gasteiger partial charge < -0.3 is 10.6 Å². The molecule has 1 aromatic heterocycles. The first kappa shape index (κ1) is 21.7. The highest BCUT2D eigenvalue weighted by atomic mass is 32.2. The molecular formula is C23H23N5O3S. The number of benzene rings is 2. The Morgan fingerprint density at radius 2 is 1.69 bits per heavy atom. The first-order chi connectivity index (χ1) is 15.4. The highest BCUT2D eigenvalue weighted by molar-refractivity contribution is 7.92. The molecule has 9 heteroatoms. The van der Waals surface area contributed by atoms with Crippen molar-refractivity contribution in [1.29, 1.82) is 5.26 Å². The number of nitrogens with zero attached hydrogens (tertiary/aromatic N) is 3. The minimum atomic E-state index is -4.09. The maximum absolute atomic E-state index is 13.4. The second kappa shape index (κ2) is 8.93. The van der Waals surface area contributed by atoms with E-state index in [1.165, 1.54) is 31.2 Å². The molecular weight excluding hydrogens is 426 g/mol. The van der Waals surface area contributed by atoms with Crippen LogP contribution in [0.15, 0.2) is 53.4 Å². The SMILES string of the molecule is CC(=O)Nc1ccc(S(=O)(=O)[C@H](C#N)c2nc3ccccc3nc2NC2CCCC2)cc1. The van der Waals surface area contributed by atoms with Gasteiger partial charge in [0.1, 0.15) is 5.69 Å². The number of hydrogen-bond acceptors (Lipinski definition) is 7. The summed E-state index contributed by atoms with van der Waals surface area (Å²) >= 11 is 0. The molecule has 1 amide bonds. The zero-order valence-corrected chi connectivity index (χ0v) is 18.4. The van der Waals surface area contributed by atoms with E-state index in [0.717, 1.165) is 25.7 Å². The number of aromatic nitrogens is 2. The summed E-state index contributed by atoms with van der Waals surface area (Å²) in [5, 5.41) is 14.3. The lowest BCUT2D eigenvalue weighted by atomic mass is 10.2. The Morgan fingerprint density at radius 3 is 2.28 bits per heavy atom. The molecule has 0 saturated heterocycles. The van der Waals surface area contributed by atoms with Crippen LogP contribution in [-0.4, -0.2) is 30.3 Å². The fraction of sp³-hybridized carbons (Fsp3) is 0.304. The summed E-state index contributed by atoms with van der Waals surface area (Å²) in [6.07, 6.45) is 4.11. The van der Waals surface area contributed by atoms with Crippen LogP contribution in [0.5, 0.6) is 0 Å². The maximum Gasteiger partial charge on any atom is 0.221 e. The summed E-state index contributed by atoms with van der Waals surface area (Å²) in [5.41, 5.74) is 1.73. The normalized spacial score (nSPS) is 15.2. The van der Waals surface area contributed by atoms with Gasteiger partial charge in [0.25, 0.3) is 0 Å². The van der Waals surface area contributed by atoms with E-state index in [4.69, 9.17) is 0 Å². The smallest absolute Gasteiger partial charge is 0.221 e. The second-order valence-corrected chi connectivity index (χ2v) is 9.86. The molecule has 1 aliphatic carbocycles. The van der Waals surface area contributed by atoms with E-state index in [0.29, 0.717) is 22.5 Å². The van der Waals surface area contributed by atoms with Crippen LogP contribution in [0, 0.1) is 11.3 Å². The van der Waals surface area contributed by atoms with Gasteiger partial charge in [0, 0.05) is 18.7 Å². The van der Waals surface area contributed by atoms with Gasteiger partial charge in [-0.3, -0.25) is 4.79 Å². The Balaban J connectivity index is 1.77. The summed E-state index contributed by atoms with van der Waals surface area (Å²) in [4.78, 5) is 20.4. The number of fused-ring (bicyclic) bond motifs is 1. The van der Waals surface area contributed by atoms with Gasteiger partial charge in [0.05, 0.1) is 22.0 Å². The molecule has 1 atom stereocenters.